The van der Waals surface area contributed by atoms with Gasteiger partial charge >= 0.3 is 5.97 Å². The summed E-state index contributed by atoms with van der Waals surface area (Å²) in [5, 5.41) is 9.06. The summed E-state index contributed by atoms with van der Waals surface area (Å²) in [6.45, 7) is 3.26. The van der Waals surface area contributed by atoms with E-state index < -0.39 is 11.4 Å². The molecule has 1 aromatic heterocycles. The van der Waals surface area contributed by atoms with E-state index in [0.29, 0.717) is 5.82 Å². The van der Waals surface area contributed by atoms with Gasteiger partial charge in [0.05, 0.1) is 0 Å². The van der Waals surface area contributed by atoms with Gasteiger partial charge in [-0.3, -0.25) is 4.79 Å². The lowest BCUT2D eigenvalue weighted by molar-refractivity contribution is -0.142. The average molecular weight is 206 g/mol. The molecular weight excluding hydrogens is 192 g/mol. The number of nitrogens with zero attached hydrogens (tertiary/aromatic N) is 2. The summed E-state index contributed by atoms with van der Waals surface area (Å²) in [7, 11) is 0. The van der Waals surface area contributed by atoms with Crippen LogP contribution in [0.25, 0.3) is 0 Å². The molecule has 2 rings (SSSR count). The van der Waals surface area contributed by atoms with Gasteiger partial charge in [-0.15, -0.1) is 0 Å². The van der Waals surface area contributed by atoms with Gasteiger partial charge in [0.15, 0.2) is 0 Å². The highest BCUT2D eigenvalue weighted by molar-refractivity contribution is 5.78. The molecule has 0 aliphatic heterocycles. The maximum absolute atomic E-state index is 11.0. The minimum Gasteiger partial charge on any atom is -0.481 e. The molecule has 1 aliphatic rings. The van der Waals surface area contributed by atoms with Crippen LogP contribution in [0.15, 0.2) is 6.20 Å². The Balaban J connectivity index is 2.42. The topological polar surface area (TPSA) is 63.1 Å². The van der Waals surface area contributed by atoms with E-state index in [-0.39, 0.29) is 0 Å². The SMILES string of the molecule is CC(C)(C(=O)O)c1ncc2c(n1)CCC2. The van der Waals surface area contributed by atoms with Crippen LogP contribution in [0.3, 0.4) is 0 Å². The molecule has 0 unspecified atom stereocenters. The highest BCUT2D eigenvalue weighted by Gasteiger charge is 2.33. The summed E-state index contributed by atoms with van der Waals surface area (Å²) >= 11 is 0. The molecule has 0 saturated carbocycles. The lowest BCUT2D eigenvalue weighted by Crippen LogP contribution is -2.31. The predicted molar refractivity (Wildman–Crippen MR) is 54.7 cm³/mol. The van der Waals surface area contributed by atoms with E-state index in [9.17, 15) is 4.79 Å². The Morgan fingerprint density at radius 2 is 2.20 bits per heavy atom. The zero-order valence-corrected chi connectivity index (χ0v) is 8.95. The van der Waals surface area contributed by atoms with Crippen LogP contribution in [-0.4, -0.2) is 21.0 Å². The first-order valence-electron chi connectivity index (χ1n) is 5.10. The maximum atomic E-state index is 11.0. The molecule has 0 saturated heterocycles. The summed E-state index contributed by atoms with van der Waals surface area (Å²) in [4.78, 5) is 19.5. The first-order chi connectivity index (χ1) is 7.01. The number of fused-ring (bicyclic) bond motifs is 1. The van der Waals surface area contributed by atoms with Crippen LogP contribution in [0.1, 0.15) is 37.4 Å². The molecule has 0 spiro atoms. The Hall–Kier alpha value is -1.45. The van der Waals surface area contributed by atoms with Crippen LogP contribution in [-0.2, 0) is 23.1 Å². The van der Waals surface area contributed by atoms with E-state index in [1.165, 1.54) is 5.56 Å². The summed E-state index contributed by atoms with van der Waals surface area (Å²) in [5.74, 6) is -0.476. The van der Waals surface area contributed by atoms with E-state index >= 15 is 0 Å². The average Bonchev–Trinajstić information content (AvgIpc) is 2.63. The third-order valence-corrected chi connectivity index (χ3v) is 2.91. The van der Waals surface area contributed by atoms with E-state index in [4.69, 9.17) is 5.11 Å². The number of aryl methyl sites for hydroxylation is 2. The van der Waals surface area contributed by atoms with Gasteiger partial charge in [0.1, 0.15) is 11.2 Å². The number of rotatable bonds is 2. The van der Waals surface area contributed by atoms with Crippen LogP contribution in [0.5, 0.6) is 0 Å². The molecule has 1 aromatic rings. The minimum atomic E-state index is -1.00. The van der Waals surface area contributed by atoms with Crippen LogP contribution in [0.4, 0.5) is 0 Å². The van der Waals surface area contributed by atoms with Crippen LogP contribution < -0.4 is 0 Å². The molecule has 1 heterocycles. The van der Waals surface area contributed by atoms with Gasteiger partial charge in [-0.2, -0.15) is 0 Å². The molecule has 1 N–H and O–H groups in total. The summed E-state index contributed by atoms with van der Waals surface area (Å²) in [6.07, 6.45) is 4.83. The first-order valence-corrected chi connectivity index (χ1v) is 5.10. The highest BCUT2D eigenvalue weighted by atomic mass is 16.4. The molecule has 0 amide bonds. The Labute approximate surface area is 88.4 Å². The molecule has 0 aromatic carbocycles. The molecule has 4 heteroatoms. The maximum Gasteiger partial charge on any atom is 0.316 e. The van der Waals surface area contributed by atoms with Crippen molar-refractivity contribution in [2.45, 2.75) is 38.5 Å². The Morgan fingerprint density at radius 1 is 1.47 bits per heavy atom. The Kier molecular flexibility index (Phi) is 2.21. The molecule has 0 radical (unpaired) electrons. The fourth-order valence-electron chi connectivity index (χ4n) is 1.71. The van der Waals surface area contributed by atoms with Gasteiger partial charge in [-0.05, 0) is 38.7 Å². The van der Waals surface area contributed by atoms with E-state index in [1.807, 2.05) is 0 Å². The fraction of sp³-hybridized carbons (Fsp3) is 0.545. The van der Waals surface area contributed by atoms with E-state index in [0.717, 1.165) is 25.0 Å². The predicted octanol–water partition coefficient (Wildman–Crippen LogP) is 1.33. The number of aliphatic carboxylic acids is 1. The van der Waals surface area contributed by atoms with Crippen molar-refractivity contribution in [3.63, 3.8) is 0 Å². The van der Waals surface area contributed by atoms with Gasteiger partial charge in [0.2, 0.25) is 0 Å². The van der Waals surface area contributed by atoms with Crippen LogP contribution in [0.2, 0.25) is 0 Å². The van der Waals surface area contributed by atoms with Gasteiger partial charge < -0.3 is 5.11 Å². The Bertz CT molecular complexity index is 413. The zero-order valence-electron chi connectivity index (χ0n) is 8.95. The quantitative estimate of drug-likeness (QED) is 0.792. The summed E-state index contributed by atoms with van der Waals surface area (Å²) in [5.41, 5.74) is 1.19. The van der Waals surface area contributed by atoms with Gasteiger partial charge in [-0.25, -0.2) is 9.97 Å². The number of carboxylic acid groups (broad SMARTS) is 1. The molecule has 0 bridgehead atoms. The lowest BCUT2D eigenvalue weighted by Gasteiger charge is -2.17. The second-order valence-electron chi connectivity index (χ2n) is 4.45. The largest absolute Gasteiger partial charge is 0.481 e. The van der Waals surface area contributed by atoms with Crippen molar-refractivity contribution in [3.8, 4) is 0 Å². The molecular formula is C11H14N2O2. The molecule has 1 aliphatic carbocycles. The van der Waals surface area contributed by atoms with E-state index in [2.05, 4.69) is 9.97 Å². The number of carbonyl (C=O) groups is 1. The fourth-order valence-corrected chi connectivity index (χ4v) is 1.71. The number of hydrogen-bond acceptors (Lipinski definition) is 3. The second-order valence-corrected chi connectivity index (χ2v) is 4.45. The summed E-state index contributed by atoms with van der Waals surface area (Å²) in [6, 6.07) is 0. The highest BCUT2D eigenvalue weighted by Crippen LogP contribution is 2.24. The van der Waals surface area contributed by atoms with Crippen molar-refractivity contribution in [2.24, 2.45) is 0 Å². The first kappa shape index (κ1) is 10.1. The van der Waals surface area contributed by atoms with Crippen molar-refractivity contribution in [2.75, 3.05) is 0 Å². The van der Waals surface area contributed by atoms with Crippen molar-refractivity contribution in [1.29, 1.82) is 0 Å². The molecule has 4 nitrogen and oxygen atoms in total. The summed E-state index contributed by atoms with van der Waals surface area (Å²) < 4.78 is 0. The second kappa shape index (κ2) is 3.29. The van der Waals surface area contributed by atoms with E-state index in [1.54, 1.807) is 20.0 Å². The lowest BCUT2D eigenvalue weighted by atomic mass is 9.92. The molecule has 15 heavy (non-hydrogen) atoms. The molecule has 80 valence electrons. The standard InChI is InChI=1S/C11H14N2O2/c1-11(2,10(14)15)9-12-6-7-4-3-5-8(7)13-9/h6H,3-5H2,1-2H3,(H,14,15). The molecule has 0 atom stereocenters. The third-order valence-electron chi connectivity index (χ3n) is 2.91. The van der Waals surface area contributed by atoms with Gasteiger partial charge in [-0.1, -0.05) is 0 Å². The Morgan fingerprint density at radius 3 is 2.87 bits per heavy atom. The van der Waals surface area contributed by atoms with Crippen LogP contribution >= 0.6 is 0 Å². The van der Waals surface area contributed by atoms with Crippen molar-refractivity contribution < 1.29 is 9.90 Å². The van der Waals surface area contributed by atoms with Crippen molar-refractivity contribution in [3.05, 3.63) is 23.3 Å². The number of hydrogen-bond donors (Lipinski definition) is 1. The zero-order chi connectivity index (χ0) is 11.1. The van der Waals surface area contributed by atoms with Crippen molar-refractivity contribution in [1.82, 2.24) is 9.97 Å². The van der Waals surface area contributed by atoms with Gasteiger partial charge in [0, 0.05) is 11.9 Å². The number of aromatic nitrogens is 2. The van der Waals surface area contributed by atoms with Crippen molar-refractivity contribution >= 4 is 5.97 Å². The monoisotopic (exact) mass is 206 g/mol. The molecule has 0 fully saturated rings. The smallest absolute Gasteiger partial charge is 0.316 e. The minimum absolute atomic E-state index is 0.413. The normalized spacial score (nSPS) is 15.1. The number of carboxylic acids is 1. The van der Waals surface area contributed by atoms with Crippen LogP contribution in [0, 0.1) is 0 Å². The third kappa shape index (κ3) is 1.60. The van der Waals surface area contributed by atoms with Gasteiger partial charge in [0.25, 0.3) is 0 Å².